The van der Waals surface area contributed by atoms with Crippen molar-refractivity contribution in [3.8, 4) is 0 Å². The predicted octanol–water partition coefficient (Wildman–Crippen LogP) is -9.48. The molecule has 24 heteroatoms. The van der Waals surface area contributed by atoms with Gasteiger partial charge in [-0.05, 0) is 0 Å². The van der Waals surface area contributed by atoms with Crippen LogP contribution in [0.1, 0.15) is 13.8 Å². The zero-order chi connectivity index (χ0) is 40.0. The topological polar surface area (TPSA) is 381 Å². The van der Waals surface area contributed by atoms with Gasteiger partial charge in [0.15, 0.2) is 25.2 Å². The predicted molar refractivity (Wildman–Crippen MR) is 170 cm³/mol. The Bertz CT molecular complexity index is 1190. The minimum Gasteiger partial charge on any atom is -0.394 e. The number of hydrogen-bond acceptors (Lipinski definition) is 22. The van der Waals surface area contributed by atoms with E-state index in [1.165, 1.54) is 0 Å². The van der Waals surface area contributed by atoms with E-state index in [0.717, 1.165) is 13.8 Å². The van der Waals surface area contributed by atoms with Gasteiger partial charge in [0, 0.05) is 20.4 Å². The van der Waals surface area contributed by atoms with Gasteiger partial charge in [0.2, 0.25) is 11.8 Å². The summed E-state index contributed by atoms with van der Waals surface area (Å²) in [5.41, 5.74) is 5.50. The summed E-state index contributed by atoms with van der Waals surface area (Å²) in [5, 5.41) is 121. The Kier molecular flexibility index (Phi) is 16.6. The fourth-order valence-corrected chi connectivity index (χ4v) is 6.66. The van der Waals surface area contributed by atoms with Gasteiger partial charge in [0.05, 0.1) is 33.0 Å². The molecule has 2 amide bonds. The number of hydrogen-bond donors (Lipinski definition) is 14. The van der Waals surface area contributed by atoms with Gasteiger partial charge in [-0.25, -0.2) is 0 Å². The summed E-state index contributed by atoms with van der Waals surface area (Å²) in [5.74, 6) is -1.35. The number of nitrogens with one attached hydrogen (secondary N) is 2. The SMILES string of the molecule is CC(=O)N[C@H]1[C@H](O[C@H]2[C@@H](O)[C@@H](CO)O[C@@H](O[C@H]3[C@H](O)[C@@H](NC(C)=O)[C@H](OCCN)O[C@@H]3CO)[C@@H]2O)O[C@H](CO)[C@@H](O[C@@H]2O[C@H](CO)[C@H](O)[C@H](O)[C@H]2O)[C@@H]1O. The van der Waals surface area contributed by atoms with Gasteiger partial charge in [0.25, 0.3) is 0 Å². The minimum atomic E-state index is -2.02. The van der Waals surface area contributed by atoms with Gasteiger partial charge in [-0.3, -0.25) is 9.59 Å². The molecule has 4 fully saturated rings. The monoisotopic (exact) mass is 791 g/mol. The molecular formula is C30H53N3O21. The molecule has 0 saturated carbocycles. The van der Waals surface area contributed by atoms with E-state index in [1.54, 1.807) is 0 Å². The molecule has 4 aliphatic rings. The van der Waals surface area contributed by atoms with Crippen molar-refractivity contribution >= 4 is 11.8 Å². The molecule has 0 spiro atoms. The number of carbonyl (C=O) groups excluding carboxylic acids is 2. The van der Waals surface area contributed by atoms with Gasteiger partial charge in [-0.1, -0.05) is 0 Å². The highest BCUT2D eigenvalue weighted by Crippen LogP contribution is 2.34. The van der Waals surface area contributed by atoms with Crippen molar-refractivity contribution in [3.63, 3.8) is 0 Å². The van der Waals surface area contributed by atoms with Crippen molar-refractivity contribution < 1.29 is 104 Å². The largest absolute Gasteiger partial charge is 0.394 e. The van der Waals surface area contributed by atoms with Gasteiger partial charge >= 0.3 is 0 Å². The van der Waals surface area contributed by atoms with Crippen molar-refractivity contribution in [1.82, 2.24) is 10.6 Å². The van der Waals surface area contributed by atoms with Crippen LogP contribution in [0.4, 0.5) is 0 Å². The zero-order valence-electron chi connectivity index (χ0n) is 29.4. The number of carbonyl (C=O) groups is 2. The number of rotatable bonds is 15. The molecule has 0 aromatic heterocycles. The smallest absolute Gasteiger partial charge is 0.217 e. The fraction of sp³-hybridized carbons (Fsp3) is 0.933. The second-order valence-electron chi connectivity index (χ2n) is 13.3. The average molecular weight is 792 g/mol. The van der Waals surface area contributed by atoms with E-state index in [1.807, 2.05) is 0 Å². The van der Waals surface area contributed by atoms with E-state index in [4.69, 9.17) is 43.6 Å². The highest BCUT2D eigenvalue weighted by molar-refractivity contribution is 5.73. The van der Waals surface area contributed by atoms with Gasteiger partial charge < -0.3 is 110 Å². The lowest BCUT2D eigenvalue weighted by atomic mass is 9.94. The molecule has 0 bridgehead atoms. The molecule has 314 valence electrons. The Morgan fingerprint density at radius 3 is 1.39 bits per heavy atom. The van der Waals surface area contributed by atoms with Crippen molar-refractivity contribution in [1.29, 1.82) is 0 Å². The first-order valence-corrected chi connectivity index (χ1v) is 17.3. The first-order chi connectivity index (χ1) is 25.6. The molecule has 0 aliphatic carbocycles. The lowest BCUT2D eigenvalue weighted by Crippen LogP contribution is -2.70. The first-order valence-electron chi connectivity index (χ1n) is 17.3. The summed E-state index contributed by atoms with van der Waals surface area (Å²) in [4.78, 5) is 24.2. The van der Waals surface area contributed by atoms with Crippen LogP contribution in [0, 0.1) is 0 Å². The van der Waals surface area contributed by atoms with Crippen LogP contribution in [0.25, 0.3) is 0 Å². The van der Waals surface area contributed by atoms with Crippen LogP contribution >= 0.6 is 0 Å². The normalized spacial score (nSPS) is 45.8. The van der Waals surface area contributed by atoms with Crippen LogP contribution < -0.4 is 16.4 Å². The third-order valence-corrected chi connectivity index (χ3v) is 9.39. The molecule has 15 N–H and O–H groups in total. The van der Waals surface area contributed by atoms with Crippen LogP contribution in [-0.2, 0) is 47.5 Å². The fourth-order valence-electron chi connectivity index (χ4n) is 6.66. The zero-order valence-corrected chi connectivity index (χ0v) is 29.4. The van der Waals surface area contributed by atoms with Crippen LogP contribution in [-0.4, -0.2) is 230 Å². The van der Waals surface area contributed by atoms with Crippen molar-refractivity contribution in [2.24, 2.45) is 5.73 Å². The lowest BCUT2D eigenvalue weighted by Gasteiger charge is -2.50. The Hall–Kier alpha value is -1.86. The van der Waals surface area contributed by atoms with E-state index in [0.29, 0.717) is 0 Å². The molecule has 0 unspecified atom stereocenters. The van der Waals surface area contributed by atoms with Crippen LogP contribution in [0.5, 0.6) is 0 Å². The van der Waals surface area contributed by atoms with Crippen molar-refractivity contribution in [2.45, 2.75) is 137 Å². The van der Waals surface area contributed by atoms with Crippen molar-refractivity contribution in [2.75, 3.05) is 39.6 Å². The highest BCUT2D eigenvalue weighted by atomic mass is 16.8. The maximum atomic E-state index is 12.3. The van der Waals surface area contributed by atoms with Gasteiger partial charge in [0.1, 0.15) is 97.5 Å². The van der Waals surface area contributed by atoms with E-state index in [-0.39, 0.29) is 13.2 Å². The Morgan fingerprint density at radius 2 is 0.926 bits per heavy atom. The van der Waals surface area contributed by atoms with Gasteiger partial charge in [-0.15, -0.1) is 0 Å². The third kappa shape index (κ3) is 9.98. The van der Waals surface area contributed by atoms with E-state index >= 15 is 0 Å². The second kappa shape index (κ2) is 20.0. The summed E-state index contributed by atoms with van der Waals surface area (Å²) in [6.45, 7) is -1.15. The summed E-state index contributed by atoms with van der Waals surface area (Å²) >= 11 is 0. The number of nitrogens with two attached hydrogens (primary N) is 1. The van der Waals surface area contributed by atoms with Crippen LogP contribution in [0.3, 0.4) is 0 Å². The number of ether oxygens (including phenoxy) is 8. The summed E-state index contributed by atoms with van der Waals surface area (Å²) in [7, 11) is 0. The maximum Gasteiger partial charge on any atom is 0.217 e. The Balaban J connectivity index is 1.57. The molecular weight excluding hydrogens is 738 g/mol. The van der Waals surface area contributed by atoms with Gasteiger partial charge in [-0.2, -0.15) is 0 Å². The standard InChI is InChI=1S/C30H53N3O21/c1-9(38)32-15-19(42)24(13(7-36)50-27(15)47-4-3-31)53-30-23(46)26(18(41)12(6-35)49-30)54-28-16(33-10(2)39)20(43)25(14(8-37)51-28)52-29-22(45)21(44)17(40)11(5-34)48-29/h11-30,34-37,40-46H,3-8,31H2,1-2H3,(H,32,38)(H,33,39)/t11-,12-,13-,14-,15-,16-,17+,18+,19-,20-,21+,22-,23-,24-,25-,26+,27-,28+,29+,30+/m1/s1. The van der Waals surface area contributed by atoms with E-state index in [2.05, 4.69) is 10.6 Å². The maximum absolute atomic E-state index is 12.3. The molecule has 0 radical (unpaired) electrons. The van der Waals surface area contributed by atoms with Crippen LogP contribution in [0.15, 0.2) is 0 Å². The molecule has 20 atom stereocenters. The lowest BCUT2D eigenvalue weighted by molar-refractivity contribution is -0.377. The molecule has 4 saturated heterocycles. The number of amides is 2. The highest BCUT2D eigenvalue weighted by Gasteiger charge is 2.56. The third-order valence-electron chi connectivity index (χ3n) is 9.39. The number of aliphatic hydroxyl groups is 11. The van der Waals surface area contributed by atoms with E-state index in [9.17, 15) is 65.8 Å². The quantitative estimate of drug-likeness (QED) is 0.0732. The Labute approximate surface area is 308 Å². The van der Waals surface area contributed by atoms with Crippen molar-refractivity contribution in [3.05, 3.63) is 0 Å². The number of aliphatic hydroxyl groups excluding tert-OH is 11. The molecule has 0 aromatic rings. The summed E-state index contributed by atoms with van der Waals surface area (Å²) in [6, 6.07) is -2.90. The van der Waals surface area contributed by atoms with E-state index < -0.39 is 161 Å². The molecule has 4 heterocycles. The Morgan fingerprint density at radius 1 is 0.519 bits per heavy atom. The minimum absolute atomic E-state index is 0.0497. The molecule has 24 nitrogen and oxygen atoms in total. The summed E-state index contributed by atoms with van der Waals surface area (Å²) in [6.07, 6.45) is -30.6. The molecule has 54 heavy (non-hydrogen) atoms. The van der Waals surface area contributed by atoms with Crippen LogP contribution in [0.2, 0.25) is 0 Å². The summed E-state index contributed by atoms with van der Waals surface area (Å²) < 4.78 is 45.4. The molecule has 0 aromatic carbocycles. The molecule has 4 aliphatic heterocycles. The average Bonchev–Trinajstić information content (AvgIpc) is 3.14. The first kappa shape index (κ1) is 44.8. The second-order valence-corrected chi connectivity index (χ2v) is 13.3. The molecule has 4 rings (SSSR count).